The maximum Gasteiger partial charge on any atom is 0.319 e. The van der Waals surface area contributed by atoms with E-state index in [-0.39, 0.29) is 24.7 Å². The number of nitrogens with two attached hydrogens (primary N) is 1. The lowest BCUT2D eigenvalue weighted by molar-refractivity contribution is -0.118. The highest BCUT2D eigenvalue weighted by Crippen LogP contribution is 2.15. The third-order valence-electron chi connectivity index (χ3n) is 3.09. The van der Waals surface area contributed by atoms with E-state index in [1.807, 2.05) is 6.92 Å². The van der Waals surface area contributed by atoms with Crippen LogP contribution in [0.5, 0.6) is 0 Å². The average molecular weight is 281 g/mol. The molecule has 8 heteroatoms. The lowest BCUT2D eigenvalue weighted by Gasteiger charge is -2.19. The predicted molar refractivity (Wildman–Crippen MR) is 72.0 cm³/mol. The van der Waals surface area contributed by atoms with E-state index in [1.54, 1.807) is 6.20 Å². The molecule has 0 radical (unpaired) electrons. The minimum Gasteiger partial charge on any atom is -0.376 e. The smallest absolute Gasteiger partial charge is 0.319 e. The van der Waals surface area contributed by atoms with Crippen LogP contribution < -0.4 is 16.4 Å². The van der Waals surface area contributed by atoms with Gasteiger partial charge in [-0.15, -0.1) is 0 Å². The quantitative estimate of drug-likeness (QED) is 0.708. The van der Waals surface area contributed by atoms with Gasteiger partial charge in [-0.2, -0.15) is 5.10 Å². The second-order valence-electron chi connectivity index (χ2n) is 4.83. The summed E-state index contributed by atoms with van der Waals surface area (Å²) in [5, 5.41) is 9.38. The zero-order valence-electron chi connectivity index (χ0n) is 11.3. The fraction of sp³-hybridized carbons (Fsp3) is 0.583. The van der Waals surface area contributed by atoms with Crippen LogP contribution in [0.3, 0.4) is 0 Å². The number of anilines is 1. The van der Waals surface area contributed by atoms with E-state index in [0.717, 1.165) is 19.4 Å². The van der Waals surface area contributed by atoms with Crippen LogP contribution in [0, 0.1) is 0 Å². The molecule has 1 aliphatic rings. The number of ether oxygens (including phenoxy) is 1. The highest BCUT2D eigenvalue weighted by Gasteiger charge is 2.23. The average Bonchev–Trinajstić information content (AvgIpc) is 2.99. The first kappa shape index (κ1) is 14.3. The molecule has 110 valence electrons. The summed E-state index contributed by atoms with van der Waals surface area (Å²) >= 11 is 0. The van der Waals surface area contributed by atoms with Crippen molar-refractivity contribution in [1.82, 2.24) is 15.1 Å². The van der Waals surface area contributed by atoms with Crippen molar-refractivity contribution in [3.8, 4) is 0 Å². The van der Waals surface area contributed by atoms with Gasteiger partial charge < -0.3 is 21.1 Å². The molecule has 2 heterocycles. The normalized spacial score (nSPS) is 19.6. The van der Waals surface area contributed by atoms with Crippen LogP contribution in [0.15, 0.2) is 12.4 Å². The molecule has 3 amide bonds. The number of amides is 3. The largest absolute Gasteiger partial charge is 0.376 e. The van der Waals surface area contributed by atoms with E-state index >= 15 is 0 Å². The molecule has 1 aliphatic heterocycles. The summed E-state index contributed by atoms with van der Waals surface area (Å²) in [6.45, 7) is 2.64. The molecule has 0 spiro atoms. The minimum absolute atomic E-state index is 0.0182. The molecule has 2 unspecified atom stereocenters. The summed E-state index contributed by atoms with van der Waals surface area (Å²) < 4.78 is 6.87. The van der Waals surface area contributed by atoms with Gasteiger partial charge in [0.1, 0.15) is 6.54 Å². The Morgan fingerprint density at radius 3 is 3.10 bits per heavy atom. The van der Waals surface area contributed by atoms with E-state index in [9.17, 15) is 9.59 Å². The zero-order valence-corrected chi connectivity index (χ0v) is 11.3. The van der Waals surface area contributed by atoms with Crippen molar-refractivity contribution in [2.45, 2.75) is 38.5 Å². The van der Waals surface area contributed by atoms with E-state index in [2.05, 4.69) is 15.7 Å². The van der Waals surface area contributed by atoms with Crippen molar-refractivity contribution >= 4 is 17.6 Å². The Labute approximate surface area is 116 Å². The Kier molecular flexibility index (Phi) is 4.57. The van der Waals surface area contributed by atoms with Gasteiger partial charge in [0.05, 0.1) is 24.0 Å². The molecule has 1 saturated heterocycles. The summed E-state index contributed by atoms with van der Waals surface area (Å²) in [5.41, 5.74) is 5.56. The van der Waals surface area contributed by atoms with Crippen molar-refractivity contribution < 1.29 is 14.3 Å². The molecule has 2 rings (SSSR count). The van der Waals surface area contributed by atoms with Gasteiger partial charge in [0.2, 0.25) is 5.91 Å². The molecular formula is C12H19N5O3. The summed E-state index contributed by atoms with van der Waals surface area (Å²) in [6, 6.07) is -0.384. The van der Waals surface area contributed by atoms with Crippen LogP contribution in [0.4, 0.5) is 10.5 Å². The number of primary amides is 1. The van der Waals surface area contributed by atoms with E-state index in [0.29, 0.717) is 5.69 Å². The lowest BCUT2D eigenvalue weighted by atomic mass is 10.1. The maximum absolute atomic E-state index is 11.8. The molecule has 20 heavy (non-hydrogen) atoms. The van der Waals surface area contributed by atoms with Crippen LogP contribution in [-0.2, 0) is 16.1 Å². The lowest BCUT2D eigenvalue weighted by Crippen LogP contribution is -2.42. The number of hydrogen-bond acceptors (Lipinski definition) is 4. The molecule has 1 aromatic heterocycles. The van der Waals surface area contributed by atoms with Crippen molar-refractivity contribution in [2.75, 3.05) is 11.9 Å². The molecule has 1 aromatic rings. The summed E-state index contributed by atoms with van der Waals surface area (Å²) in [5.74, 6) is -0.490. The summed E-state index contributed by atoms with van der Waals surface area (Å²) in [7, 11) is 0. The number of urea groups is 1. The summed E-state index contributed by atoms with van der Waals surface area (Å²) in [4.78, 5) is 22.5. The van der Waals surface area contributed by atoms with Gasteiger partial charge in [0.15, 0.2) is 0 Å². The Hall–Kier alpha value is -2.09. The van der Waals surface area contributed by atoms with Crippen LogP contribution in [0.2, 0.25) is 0 Å². The van der Waals surface area contributed by atoms with Crippen molar-refractivity contribution in [1.29, 1.82) is 0 Å². The highest BCUT2D eigenvalue weighted by molar-refractivity contribution is 5.89. The van der Waals surface area contributed by atoms with E-state index in [4.69, 9.17) is 10.5 Å². The van der Waals surface area contributed by atoms with E-state index < -0.39 is 5.91 Å². The van der Waals surface area contributed by atoms with E-state index in [1.165, 1.54) is 10.9 Å². The molecule has 4 N–H and O–H groups in total. The fourth-order valence-corrected chi connectivity index (χ4v) is 2.14. The highest BCUT2D eigenvalue weighted by atomic mass is 16.5. The number of nitrogens with zero attached hydrogens (tertiary/aromatic N) is 2. The molecule has 0 aliphatic carbocycles. The van der Waals surface area contributed by atoms with Gasteiger partial charge in [-0.05, 0) is 19.8 Å². The Morgan fingerprint density at radius 1 is 1.65 bits per heavy atom. The zero-order chi connectivity index (χ0) is 14.5. The van der Waals surface area contributed by atoms with Gasteiger partial charge in [0, 0.05) is 12.8 Å². The minimum atomic E-state index is -0.490. The first-order valence-electron chi connectivity index (χ1n) is 6.54. The van der Waals surface area contributed by atoms with Crippen LogP contribution in [-0.4, -0.2) is 40.5 Å². The van der Waals surface area contributed by atoms with Crippen LogP contribution in [0.25, 0.3) is 0 Å². The van der Waals surface area contributed by atoms with Gasteiger partial charge in [0.25, 0.3) is 0 Å². The molecule has 0 saturated carbocycles. The van der Waals surface area contributed by atoms with Gasteiger partial charge >= 0.3 is 6.03 Å². The van der Waals surface area contributed by atoms with Crippen LogP contribution >= 0.6 is 0 Å². The van der Waals surface area contributed by atoms with Crippen molar-refractivity contribution in [2.24, 2.45) is 5.73 Å². The first-order chi connectivity index (χ1) is 9.54. The van der Waals surface area contributed by atoms with Crippen molar-refractivity contribution in [3.05, 3.63) is 12.4 Å². The Balaban J connectivity index is 1.81. The number of rotatable bonds is 5. The van der Waals surface area contributed by atoms with Crippen LogP contribution in [0.1, 0.15) is 19.8 Å². The molecule has 0 bridgehead atoms. The molecule has 1 fully saturated rings. The third kappa shape index (κ3) is 3.95. The van der Waals surface area contributed by atoms with Gasteiger partial charge in [-0.1, -0.05) is 0 Å². The van der Waals surface area contributed by atoms with Crippen molar-refractivity contribution in [3.63, 3.8) is 0 Å². The second-order valence-corrected chi connectivity index (χ2v) is 4.83. The maximum atomic E-state index is 11.8. The molecular weight excluding hydrogens is 262 g/mol. The standard InChI is InChI=1S/C12H19N5O3/c1-8(10-3-2-4-20-10)15-12(19)16-9-5-14-17(6-9)7-11(13)18/h5-6,8,10H,2-4,7H2,1H3,(H2,13,18)(H2,15,16,19). The van der Waals surface area contributed by atoms with Gasteiger partial charge in [-0.25, -0.2) is 4.79 Å². The predicted octanol–water partition coefficient (Wildman–Crippen LogP) is 0.0574. The van der Waals surface area contributed by atoms with Gasteiger partial charge in [-0.3, -0.25) is 9.48 Å². The number of aromatic nitrogens is 2. The summed E-state index contributed by atoms with van der Waals surface area (Å²) in [6.07, 6.45) is 5.05. The number of nitrogens with one attached hydrogen (secondary N) is 2. The topological polar surface area (TPSA) is 111 Å². The fourth-order valence-electron chi connectivity index (χ4n) is 2.14. The second kappa shape index (κ2) is 6.38. The first-order valence-corrected chi connectivity index (χ1v) is 6.54. The molecule has 2 atom stereocenters. The molecule has 0 aromatic carbocycles. The monoisotopic (exact) mass is 281 g/mol. The molecule has 8 nitrogen and oxygen atoms in total. The number of hydrogen-bond donors (Lipinski definition) is 3. The Morgan fingerprint density at radius 2 is 2.45 bits per heavy atom. The third-order valence-corrected chi connectivity index (χ3v) is 3.09. The number of carbonyl (C=O) groups is 2. The number of carbonyl (C=O) groups excluding carboxylic acids is 2. The SMILES string of the molecule is CC(NC(=O)Nc1cnn(CC(N)=O)c1)C1CCCO1. The Bertz CT molecular complexity index is 481.